The molecule has 0 radical (unpaired) electrons. The van der Waals surface area contributed by atoms with E-state index in [1.807, 2.05) is 17.8 Å². The molecule has 0 amide bonds. The van der Waals surface area contributed by atoms with Gasteiger partial charge >= 0.3 is 0 Å². The Kier molecular flexibility index (Phi) is 3.32. The van der Waals surface area contributed by atoms with E-state index in [1.54, 1.807) is 0 Å². The maximum atomic E-state index is 3.83. The van der Waals surface area contributed by atoms with Crippen LogP contribution in [0.2, 0.25) is 0 Å². The minimum absolute atomic E-state index is 0.0355. The van der Waals surface area contributed by atoms with Crippen LogP contribution < -0.4 is 0 Å². The van der Waals surface area contributed by atoms with E-state index in [-0.39, 0.29) is 7.98 Å². The molecule has 0 saturated carbocycles. The Labute approximate surface area is 118 Å². The molecule has 0 aromatic heterocycles. The van der Waals surface area contributed by atoms with E-state index in [4.69, 9.17) is 0 Å². The first-order valence-electron chi connectivity index (χ1n) is 5.18. The van der Waals surface area contributed by atoms with Crippen LogP contribution in [0.3, 0.4) is 0 Å². The van der Waals surface area contributed by atoms with E-state index < -0.39 is 0 Å². The highest BCUT2D eigenvalue weighted by atomic mass is 79.9. The van der Waals surface area contributed by atoms with Gasteiger partial charge in [0, 0.05) is 4.90 Å². The average Bonchev–Trinajstić information content (AvgIpc) is 2.14. The van der Waals surface area contributed by atoms with Crippen molar-refractivity contribution in [2.24, 2.45) is 0 Å². The lowest BCUT2D eigenvalue weighted by Gasteiger charge is -2.39. The second kappa shape index (κ2) is 4.18. The number of benzene rings is 1. The fraction of sp³-hybridized carbons (Fsp3) is 0.385. The molecule has 3 heteroatoms. The third-order valence-corrected chi connectivity index (χ3v) is 5.43. The number of fused-ring (bicyclic) bond motifs is 1. The molecule has 1 aliphatic rings. The summed E-state index contributed by atoms with van der Waals surface area (Å²) >= 11 is 9.30. The zero-order valence-electron chi connectivity index (χ0n) is 9.39. The van der Waals surface area contributed by atoms with E-state index in [0.29, 0.717) is 0 Å². The van der Waals surface area contributed by atoms with Gasteiger partial charge in [-0.25, -0.2) is 0 Å². The maximum absolute atomic E-state index is 3.83. The van der Waals surface area contributed by atoms with E-state index in [2.05, 4.69) is 70.5 Å². The lowest BCUT2D eigenvalue weighted by molar-refractivity contribution is 0.480. The van der Waals surface area contributed by atoms with Gasteiger partial charge in [-0.2, -0.15) is 0 Å². The van der Waals surface area contributed by atoms with Gasteiger partial charge in [0.15, 0.2) is 0 Å². The third-order valence-electron chi connectivity index (χ3n) is 2.88. The summed E-state index contributed by atoms with van der Waals surface area (Å²) < 4.78 is -0.0355. The molecule has 0 atom stereocenters. The Morgan fingerprint density at radius 3 is 2.69 bits per heavy atom. The molecule has 0 spiro atoms. The topological polar surface area (TPSA) is 0 Å². The van der Waals surface area contributed by atoms with E-state index in [1.165, 1.54) is 16.0 Å². The molecule has 16 heavy (non-hydrogen) atoms. The van der Waals surface area contributed by atoms with Crippen LogP contribution in [0.5, 0.6) is 0 Å². The Morgan fingerprint density at radius 2 is 2.06 bits per heavy atom. The molecule has 1 heterocycles. The molecule has 1 aromatic carbocycles. The zero-order valence-corrected chi connectivity index (χ0v) is 13.4. The molecule has 0 fully saturated rings. The Hall–Kier alpha value is 0.270. The van der Waals surface area contributed by atoms with Crippen molar-refractivity contribution in [1.29, 1.82) is 0 Å². The van der Waals surface area contributed by atoms with Crippen LogP contribution in [-0.2, 0) is 5.41 Å². The number of halogens is 2. The lowest BCUT2D eigenvalue weighted by atomic mass is 9.81. The number of thioether (sulfide) groups is 1. The van der Waals surface area contributed by atoms with Crippen LogP contribution in [-0.4, -0.2) is 2.57 Å². The fourth-order valence-electron chi connectivity index (χ4n) is 2.10. The molecule has 86 valence electrons. The summed E-state index contributed by atoms with van der Waals surface area (Å²) in [5, 5.41) is 0. The molecule has 0 saturated heterocycles. The summed E-state index contributed by atoms with van der Waals surface area (Å²) in [5.41, 5.74) is 2.79. The predicted octanol–water partition coefficient (Wildman–Crippen LogP) is 5.55. The first-order valence-corrected chi connectivity index (χ1v) is 7.58. The Morgan fingerprint density at radius 1 is 1.38 bits per heavy atom. The molecule has 0 N–H and O–H groups in total. The maximum Gasteiger partial charge on any atom is 0.131 e. The number of rotatable bonds is 1. The standard InChI is InChI=1S/C13H14Br2S/c1-4-9-5-6-11-10(7-9)12(2,3)8-13(14,15)16-11/h4-7H,1,8H2,2-3H3. The summed E-state index contributed by atoms with van der Waals surface area (Å²) in [6, 6.07) is 6.57. The highest BCUT2D eigenvalue weighted by Crippen LogP contribution is 2.57. The summed E-state index contributed by atoms with van der Waals surface area (Å²) in [4.78, 5) is 1.34. The molecule has 0 bridgehead atoms. The smallest absolute Gasteiger partial charge is 0.0985 e. The van der Waals surface area contributed by atoms with E-state index in [0.717, 1.165) is 6.42 Å². The third kappa shape index (κ3) is 2.41. The lowest BCUT2D eigenvalue weighted by Crippen LogP contribution is -2.30. The largest absolute Gasteiger partial charge is 0.131 e. The van der Waals surface area contributed by atoms with Crippen molar-refractivity contribution in [3.8, 4) is 0 Å². The van der Waals surface area contributed by atoms with Crippen molar-refractivity contribution in [1.82, 2.24) is 0 Å². The molecule has 1 aliphatic heterocycles. The molecular weight excluding hydrogens is 348 g/mol. The van der Waals surface area contributed by atoms with Gasteiger partial charge in [-0.1, -0.05) is 82.3 Å². The fourth-order valence-corrected chi connectivity index (χ4v) is 5.88. The van der Waals surface area contributed by atoms with Crippen LogP contribution in [0, 0.1) is 0 Å². The van der Waals surface area contributed by atoms with Crippen molar-refractivity contribution in [3.63, 3.8) is 0 Å². The van der Waals surface area contributed by atoms with Gasteiger partial charge < -0.3 is 0 Å². The van der Waals surface area contributed by atoms with Crippen molar-refractivity contribution >= 4 is 49.7 Å². The molecule has 0 nitrogen and oxygen atoms in total. The second-order valence-electron chi connectivity index (χ2n) is 4.76. The number of alkyl halides is 2. The molecule has 1 aromatic rings. The first kappa shape index (κ1) is 12.7. The quantitative estimate of drug-likeness (QED) is 0.591. The van der Waals surface area contributed by atoms with Crippen molar-refractivity contribution < 1.29 is 0 Å². The van der Waals surface area contributed by atoms with Crippen LogP contribution in [0.15, 0.2) is 29.7 Å². The summed E-state index contributed by atoms with van der Waals surface area (Å²) in [6.45, 7) is 8.41. The van der Waals surface area contributed by atoms with Crippen LogP contribution >= 0.6 is 43.6 Å². The number of hydrogen-bond acceptors (Lipinski definition) is 1. The highest BCUT2D eigenvalue weighted by Gasteiger charge is 2.40. The van der Waals surface area contributed by atoms with E-state index >= 15 is 0 Å². The summed E-state index contributed by atoms with van der Waals surface area (Å²) in [7, 11) is 0. The summed E-state index contributed by atoms with van der Waals surface area (Å²) in [6.07, 6.45) is 2.96. The minimum atomic E-state index is -0.0355. The second-order valence-corrected chi connectivity index (χ2v) is 10.9. The SMILES string of the molecule is C=Cc1ccc2c(c1)C(C)(C)CC(Br)(Br)S2. The van der Waals surface area contributed by atoms with Crippen molar-refractivity contribution in [2.45, 2.75) is 33.1 Å². The van der Waals surface area contributed by atoms with Crippen LogP contribution in [0.4, 0.5) is 0 Å². The molecule has 0 unspecified atom stereocenters. The van der Waals surface area contributed by atoms with Crippen LogP contribution in [0.25, 0.3) is 6.08 Å². The highest BCUT2D eigenvalue weighted by molar-refractivity contribution is 9.28. The van der Waals surface area contributed by atoms with Gasteiger partial charge in [0.1, 0.15) is 2.57 Å². The molecule has 2 rings (SSSR count). The first-order chi connectivity index (χ1) is 7.34. The Balaban J connectivity index is 2.55. The van der Waals surface area contributed by atoms with Gasteiger partial charge in [-0.15, -0.1) is 0 Å². The average molecular weight is 362 g/mol. The van der Waals surface area contributed by atoms with E-state index in [9.17, 15) is 0 Å². The zero-order chi connectivity index (χ0) is 12.0. The van der Waals surface area contributed by atoms with Gasteiger partial charge in [0.2, 0.25) is 0 Å². The van der Waals surface area contributed by atoms with Gasteiger partial charge in [0.25, 0.3) is 0 Å². The van der Waals surface area contributed by atoms with Gasteiger partial charge in [0.05, 0.1) is 0 Å². The van der Waals surface area contributed by atoms with Crippen molar-refractivity contribution in [2.75, 3.05) is 0 Å². The van der Waals surface area contributed by atoms with Gasteiger partial charge in [-0.3, -0.25) is 0 Å². The molecular formula is C13H14Br2S. The molecule has 0 aliphatic carbocycles. The van der Waals surface area contributed by atoms with Gasteiger partial charge in [-0.05, 0) is 29.0 Å². The summed E-state index contributed by atoms with van der Waals surface area (Å²) in [5.74, 6) is 0. The van der Waals surface area contributed by atoms with Crippen LogP contribution in [0.1, 0.15) is 31.4 Å². The minimum Gasteiger partial charge on any atom is -0.0985 e. The predicted molar refractivity (Wildman–Crippen MR) is 80.6 cm³/mol. The number of hydrogen-bond donors (Lipinski definition) is 0. The normalized spacial score (nSPS) is 21.2. The Bertz CT molecular complexity index is 436. The van der Waals surface area contributed by atoms with Crippen molar-refractivity contribution in [3.05, 3.63) is 35.9 Å². The monoisotopic (exact) mass is 360 g/mol.